The summed E-state index contributed by atoms with van der Waals surface area (Å²) >= 11 is 0. The summed E-state index contributed by atoms with van der Waals surface area (Å²) in [6.45, 7) is 9.03. The van der Waals surface area contributed by atoms with Gasteiger partial charge in [-0.1, -0.05) is 40.5 Å². The van der Waals surface area contributed by atoms with E-state index in [-0.39, 0.29) is 0 Å². The second-order valence-electron chi connectivity index (χ2n) is 4.51. The van der Waals surface area contributed by atoms with Crippen molar-refractivity contribution in [2.45, 2.75) is 64.5 Å². The summed E-state index contributed by atoms with van der Waals surface area (Å²) in [5, 5.41) is 0. The Hall–Kier alpha value is 0.137. The minimum absolute atomic E-state index is 0.582. The van der Waals surface area contributed by atoms with Crippen LogP contribution in [0.25, 0.3) is 0 Å². The third-order valence-corrected chi connectivity index (χ3v) is 8.06. The quantitative estimate of drug-likeness (QED) is 0.587. The Labute approximate surface area is 96.6 Å². The molecule has 0 aromatic carbocycles. The molecular formula is C12H28O2Si. The molecule has 0 spiro atoms. The molecule has 2 unspecified atom stereocenters. The van der Waals surface area contributed by atoms with Gasteiger partial charge in [-0.25, -0.2) is 0 Å². The molecule has 92 valence electrons. The van der Waals surface area contributed by atoms with Gasteiger partial charge >= 0.3 is 8.56 Å². The third-order valence-electron chi connectivity index (χ3n) is 3.46. The second-order valence-corrected chi connectivity index (χ2v) is 8.74. The second kappa shape index (κ2) is 7.42. The maximum atomic E-state index is 5.83. The van der Waals surface area contributed by atoms with Gasteiger partial charge in [-0.15, -0.1) is 0 Å². The summed E-state index contributed by atoms with van der Waals surface area (Å²) < 4.78 is 11.7. The molecule has 0 N–H and O–H groups in total. The molecule has 15 heavy (non-hydrogen) atoms. The summed E-state index contributed by atoms with van der Waals surface area (Å²) in [5.74, 6) is 0. The molecule has 0 saturated carbocycles. The minimum atomic E-state index is -1.99. The van der Waals surface area contributed by atoms with Crippen molar-refractivity contribution in [3.63, 3.8) is 0 Å². The smallest absolute Gasteiger partial charge is 0.343 e. The van der Waals surface area contributed by atoms with Crippen molar-refractivity contribution in [1.82, 2.24) is 0 Å². The first-order valence-corrected chi connectivity index (χ1v) is 8.16. The van der Waals surface area contributed by atoms with Crippen LogP contribution in [0.2, 0.25) is 11.1 Å². The molecule has 0 aliphatic heterocycles. The summed E-state index contributed by atoms with van der Waals surface area (Å²) in [6.07, 6.45) is 4.84. The minimum Gasteiger partial charge on any atom is -0.397 e. The maximum Gasteiger partial charge on any atom is 0.343 e. The molecule has 0 bridgehead atoms. The standard InChI is InChI=1S/C12H28O2Si/c1-7-9-11(3)15(13-5,14-6)12(4)10-8-2/h11-12H,7-10H2,1-6H3. The van der Waals surface area contributed by atoms with Crippen LogP contribution in [-0.4, -0.2) is 22.8 Å². The molecule has 0 saturated heterocycles. The van der Waals surface area contributed by atoms with Gasteiger partial charge in [-0.2, -0.15) is 0 Å². The normalized spacial score (nSPS) is 16.4. The Morgan fingerprint density at radius 2 is 1.20 bits per heavy atom. The summed E-state index contributed by atoms with van der Waals surface area (Å²) in [7, 11) is 1.66. The highest BCUT2D eigenvalue weighted by Crippen LogP contribution is 2.39. The van der Waals surface area contributed by atoms with Crippen molar-refractivity contribution in [3.8, 4) is 0 Å². The van der Waals surface area contributed by atoms with E-state index < -0.39 is 8.56 Å². The molecule has 0 rings (SSSR count). The van der Waals surface area contributed by atoms with E-state index in [4.69, 9.17) is 8.85 Å². The van der Waals surface area contributed by atoms with Crippen LogP contribution >= 0.6 is 0 Å². The number of hydrogen-bond donors (Lipinski definition) is 0. The topological polar surface area (TPSA) is 18.5 Å². The van der Waals surface area contributed by atoms with Crippen LogP contribution in [0.15, 0.2) is 0 Å². The zero-order valence-corrected chi connectivity index (χ0v) is 12.3. The van der Waals surface area contributed by atoms with Crippen LogP contribution in [-0.2, 0) is 8.85 Å². The molecule has 0 aromatic rings. The van der Waals surface area contributed by atoms with Crippen molar-refractivity contribution < 1.29 is 8.85 Å². The van der Waals surface area contributed by atoms with Crippen molar-refractivity contribution in [3.05, 3.63) is 0 Å². The third kappa shape index (κ3) is 3.57. The molecule has 0 radical (unpaired) electrons. The van der Waals surface area contributed by atoms with Crippen LogP contribution in [0, 0.1) is 0 Å². The van der Waals surface area contributed by atoms with Crippen LogP contribution in [0.4, 0.5) is 0 Å². The highest BCUT2D eigenvalue weighted by Gasteiger charge is 2.46. The first-order valence-electron chi connectivity index (χ1n) is 6.19. The average Bonchev–Trinajstić information content (AvgIpc) is 2.21. The van der Waals surface area contributed by atoms with Crippen molar-refractivity contribution in [2.24, 2.45) is 0 Å². The fourth-order valence-electron chi connectivity index (χ4n) is 2.64. The number of rotatable bonds is 8. The predicted molar refractivity (Wildman–Crippen MR) is 68.4 cm³/mol. The molecule has 0 fully saturated rings. The monoisotopic (exact) mass is 232 g/mol. The Bertz CT molecular complexity index is 144. The van der Waals surface area contributed by atoms with E-state index in [1.54, 1.807) is 0 Å². The van der Waals surface area contributed by atoms with Gasteiger partial charge in [0.2, 0.25) is 0 Å². The SMILES string of the molecule is CCCC(C)[Si](OC)(OC)C(C)CCC. The van der Waals surface area contributed by atoms with Gasteiger partial charge < -0.3 is 8.85 Å². The fourth-order valence-corrected chi connectivity index (χ4v) is 6.77. The van der Waals surface area contributed by atoms with E-state index in [2.05, 4.69) is 27.7 Å². The molecule has 0 aliphatic carbocycles. The summed E-state index contributed by atoms with van der Waals surface area (Å²) in [5.41, 5.74) is 1.16. The lowest BCUT2D eigenvalue weighted by Crippen LogP contribution is -2.48. The van der Waals surface area contributed by atoms with Gasteiger partial charge in [-0.3, -0.25) is 0 Å². The highest BCUT2D eigenvalue weighted by molar-refractivity contribution is 6.70. The highest BCUT2D eigenvalue weighted by atomic mass is 28.4. The van der Waals surface area contributed by atoms with E-state index in [1.807, 2.05) is 14.2 Å². The van der Waals surface area contributed by atoms with Crippen LogP contribution < -0.4 is 0 Å². The Balaban J connectivity index is 4.68. The van der Waals surface area contributed by atoms with Gasteiger partial charge in [0.15, 0.2) is 0 Å². The predicted octanol–water partition coefficient (Wildman–Crippen LogP) is 4.10. The first kappa shape index (κ1) is 15.1. The fraction of sp³-hybridized carbons (Fsp3) is 1.00. The molecule has 0 aromatic heterocycles. The molecule has 0 aliphatic rings. The molecular weight excluding hydrogens is 204 g/mol. The molecule has 0 amide bonds. The Morgan fingerprint density at radius 1 is 0.867 bits per heavy atom. The first-order chi connectivity index (χ1) is 7.08. The van der Waals surface area contributed by atoms with Crippen molar-refractivity contribution in [2.75, 3.05) is 14.2 Å². The largest absolute Gasteiger partial charge is 0.397 e. The van der Waals surface area contributed by atoms with Crippen molar-refractivity contribution >= 4 is 8.56 Å². The Kier molecular flexibility index (Phi) is 7.48. The number of hydrogen-bond acceptors (Lipinski definition) is 2. The van der Waals surface area contributed by atoms with E-state index >= 15 is 0 Å². The summed E-state index contributed by atoms with van der Waals surface area (Å²) in [6, 6.07) is 0. The summed E-state index contributed by atoms with van der Waals surface area (Å²) in [4.78, 5) is 0. The zero-order chi connectivity index (χ0) is 11.9. The Morgan fingerprint density at radius 3 is 1.40 bits per heavy atom. The lowest BCUT2D eigenvalue weighted by molar-refractivity contribution is 0.214. The van der Waals surface area contributed by atoms with Gasteiger partial charge in [0.25, 0.3) is 0 Å². The van der Waals surface area contributed by atoms with Gasteiger partial charge in [0, 0.05) is 25.3 Å². The zero-order valence-electron chi connectivity index (χ0n) is 11.3. The van der Waals surface area contributed by atoms with E-state index in [0.29, 0.717) is 11.1 Å². The van der Waals surface area contributed by atoms with E-state index in [1.165, 1.54) is 25.7 Å². The molecule has 0 heterocycles. The van der Waals surface area contributed by atoms with Crippen molar-refractivity contribution in [1.29, 1.82) is 0 Å². The van der Waals surface area contributed by atoms with E-state index in [9.17, 15) is 0 Å². The van der Waals surface area contributed by atoms with E-state index in [0.717, 1.165) is 0 Å². The maximum absolute atomic E-state index is 5.83. The molecule has 3 heteroatoms. The average molecular weight is 232 g/mol. The lowest BCUT2D eigenvalue weighted by atomic mass is 10.2. The van der Waals surface area contributed by atoms with Crippen LogP contribution in [0.3, 0.4) is 0 Å². The lowest BCUT2D eigenvalue weighted by Gasteiger charge is -2.38. The molecule has 2 atom stereocenters. The van der Waals surface area contributed by atoms with Crippen LogP contribution in [0.1, 0.15) is 53.4 Å². The van der Waals surface area contributed by atoms with Gasteiger partial charge in [0.05, 0.1) is 0 Å². The molecule has 2 nitrogen and oxygen atoms in total. The van der Waals surface area contributed by atoms with Gasteiger partial charge in [-0.05, 0) is 12.8 Å². The van der Waals surface area contributed by atoms with Crippen LogP contribution in [0.5, 0.6) is 0 Å². The van der Waals surface area contributed by atoms with Gasteiger partial charge in [0.1, 0.15) is 0 Å².